The number of rotatable bonds is 12. The molecule has 0 atom stereocenters. The fraction of sp³-hybridized carbons (Fsp3) is 0.273. The molecule has 0 amide bonds. The monoisotopic (exact) mass is 543 g/mol. The van der Waals surface area contributed by atoms with Crippen LogP contribution in [0.5, 0.6) is 5.75 Å². The van der Waals surface area contributed by atoms with E-state index in [0.717, 1.165) is 46.4 Å². The van der Waals surface area contributed by atoms with Gasteiger partial charge in [-0.25, -0.2) is 0 Å². The molecule has 0 aliphatic carbocycles. The maximum absolute atomic E-state index is 12.9. The SMILES string of the molecule is CCOC(=O)CCCOc1cccc(CCCn2cc(-c3ccccc3-c3ccccc3C)cc(Cl)c2=O)c1. The Kier molecular flexibility index (Phi) is 9.98. The Bertz CT molecular complexity index is 1480. The normalized spacial score (nSPS) is 10.8. The van der Waals surface area contributed by atoms with E-state index in [1.165, 1.54) is 5.56 Å². The first-order chi connectivity index (χ1) is 19.0. The minimum Gasteiger partial charge on any atom is -0.494 e. The molecule has 6 heteroatoms. The maximum Gasteiger partial charge on any atom is 0.305 e. The lowest BCUT2D eigenvalue weighted by Gasteiger charge is -2.15. The highest BCUT2D eigenvalue weighted by Gasteiger charge is 2.12. The number of halogens is 1. The van der Waals surface area contributed by atoms with Crippen LogP contribution in [0.15, 0.2) is 89.9 Å². The number of esters is 1. The van der Waals surface area contributed by atoms with Crippen molar-refractivity contribution in [2.24, 2.45) is 0 Å². The van der Waals surface area contributed by atoms with Gasteiger partial charge in [-0.1, -0.05) is 72.3 Å². The fourth-order valence-corrected chi connectivity index (χ4v) is 4.87. The number of nitrogens with zero attached hydrogens (tertiary/aromatic N) is 1. The van der Waals surface area contributed by atoms with Gasteiger partial charge < -0.3 is 14.0 Å². The molecule has 0 radical (unpaired) electrons. The molecule has 5 nitrogen and oxygen atoms in total. The van der Waals surface area contributed by atoms with E-state index in [1.54, 1.807) is 17.6 Å². The third kappa shape index (κ3) is 7.61. The van der Waals surface area contributed by atoms with Crippen LogP contribution in [0.2, 0.25) is 5.02 Å². The number of ether oxygens (including phenoxy) is 2. The van der Waals surface area contributed by atoms with Gasteiger partial charge in [-0.15, -0.1) is 0 Å². The van der Waals surface area contributed by atoms with Crippen molar-refractivity contribution in [1.82, 2.24) is 4.57 Å². The summed E-state index contributed by atoms with van der Waals surface area (Å²) in [6, 6.07) is 26.2. The highest BCUT2D eigenvalue weighted by molar-refractivity contribution is 6.30. The van der Waals surface area contributed by atoms with Gasteiger partial charge in [0.15, 0.2) is 0 Å². The number of benzene rings is 3. The van der Waals surface area contributed by atoms with Crippen LogP contribution >= 0.6 is 11.6 Å². The second-order valence-corrected chi connectivity index (χ2v) is 9.85. The lowest BCUT2D eigenvalue weighted by atomic mass is 9.93. The summed E-state index contributed by atoms with van der Waals surface area (Å²) < 4.78 is 12.5. The van der Waals surface area contributed by atoms with Gasteiger partial charge in [-0.3, -0.25) is 9.59 Å². The summed E-state index contributed by atoms with van der Waals surface area (Å²) in [5.41, 5.74) is 6.34. The molecule has 0 saturated heterocycles. The van der Waals surface area contributed by atoms with E-state index < -0.39 is 0 Å². The average Bonchev–Trinajstić information content (AvgIpc) is 2.94. The van der Waals surface area contributed by atoms with Crippen molar-refractivity contribution in [3.05, 3.63) is 112 Å². The first kappa shape index (κ1) is 28.2. The number of carbonyl (C=O) groups is 1. The van der Waals surface area contributed by atoms with Gasteiger partial charge >= 0.3 is 5.97 Å². The smallest absolute Gasteiger partial charge is 0.305 e. The Hall–Kier alpha value is -3.83. The quantitative estimate of drug-likeness (QED) is 0.137. The fourth-order valence-electron chi connectivity index (χ4n) is 4.64. The predicted octanol–water partition coefficient (Wildman–Crippen LogP) is 7.50. The average molecular weight is 544 g/mol. The first-order valence-corrected chi connectivity index (χ1v) is 13.8. The molecule has 4 rings (SSSR count). The second kappa shape index (κ2) is 13.8. The van der Waals surface area contributed by atoms with Crippen molar-refractivity contribution < 1.29 is 14.3 Å². The van der Waals surface area contributed by atoms with Crippen molar-refractivity contribution in [3.63, 3.8) is 0 Å². The molecule has 1 heterocycles. The Morgan fingerprint density at radius 3 is 2.41 bits per heavy atom. The summed E-state index contributed by atoms with van der Waals surface area (Å²) in [6.07, 6.45) is 4.42. The van der Waals surface area contributed by atoms with Crippen LogP contribution in [0.1, 0.15) is 37.3 Å². The summed E-state index contributed by atoms with van der Waals surface area (Å²) >= 11 is 6.43. The van der Waals surface area contributed by atoms with Gasteiger partial charge in [0.1, 0.15) is 10.8 Å². The van der Waals surface area contributed by atoms with Crippen LogP contribution in [-0.2, 0) is 22.5 Å². The van der Waals surface area contributed by atoms with Gasteiger partial charge in [-0.05, 0) is 79.1 Å². The number of aryl methyl sites for hydroxylation is 3. The minimum atomic E-state index is -0.201. The molecule has 0 bridgehead atoms. The van der Waals surface area contributed by atoms with Gasteiger partial charge in [0.05, 0.1) is 13.2 Å². The summed E-state index contributed by atoms with van der Waals surface area (Å²) in [6.45, 7) is 5.29. The number of hydrogen-bond acceptors (Lipinski definition) is 4. The van der Waals surface area contributed by atoms with Crippen LogP contribution in [0.25, 0.3) is 22.3 Å². The summed E-state index contributed by atoms with van der Waals surface area (Å²) in [5.74, 6) is 0.569. The molecule has 0 unspecified atom stereocenters. The van der Waals surface area contributed by atoms with Gasteiger partial charge in [0.2, 0.25) is 0 Å². The van der Waals surface area contributed by atoms with Crippen LogP contribution < -0.4 is 10.3 Å². The molecule has 202 valence electrons. The third-order valence-corrected chi connectivity index (χ3v) is 6.85. The molecule has 4 aromatic rings. The van der Waals surface area contributed by atoms with E-state index in [9.17, 15) is 9.59 Å². The zero-order valence-corrected chi connectivity index (χ0v) is 23.2. The van der Waals surface area contributed by atoms with Crippen LogP contribution in [0.3, 0.4) is 0 Å². The molecule has 0 fully saturated rings. The molecule has 0 aliphatic rings. The molecule has 39 heavy (non-hydrogen) atoms. The molecular formula is C33H34ClNO4. The minimum absolute atomic E-state index is 0.188. The van der Waals surface area contributed by atoms with Crippen molar-refractivity contribution in [2.75, 3.05) is 13.2 Å². The van der Waals surface area contributed by atoms with Gasteiger partial charge in [0, 0.05) is 24.7 Å². The van der Waals surface area contributed by atoms with E-state index in [1.807, 2.05) is 48.7 Å². The molecule has 0 saturated carbocycles. The predicted molar refractivity (Wildman–Crippen MR) is 157 cm³/mol. The Labute approximate surface area is 235 Å². The topological polar surface area (TPSA) is 57.5 Å². The zero-order valence-electron chi connectivity index (χ0n) is 22.5. The Morgan fingerprint density at radius 2 is 1.64 bits per heavy atom. The van der Waals surface area contributed by atoms with E-state index in [-0.39, 0.29) is 16.6 Å². The van der Waals surface area contributed by atoms with Crippen molar-refractivity contribution in [3.8, 4) is 28.0 Å². The summed E-state index contributed by atoms with van der Waals surface area (Å²) in [4.78, 5) is 24.3. The molecule has 0 N–H and O–H groups in total. The number of aromatic nitrogens is 1. The Balaban J connectivity index is 1.43. The largest absolute Gasteiger partial charge is 0.494 e. The van der Waals surface area contributed by atoms with E-state index in [4.69, 9.17) is 21.1 Å². The third-order valence-electron chi connectivity index (χ3n) is 6.58. The lowest BCUT2D eigenvalue weighted by molar-refractivity contribution is -0.143. The molecule has 0 spiro atoms. The van der Waals surface area contributed by atoms with Crippen LogP contribution in [0.4, 0.5) is 0 Å². The van der Waals surface area contributed by atoms with Crippen molar-refractivity contribution in [1.29, 1.82) is 0 Å². The number of hydrogen-bond donors (Lipinski definition) is 0. The molecule has 1 aromatic heterocycles. The van der Waals surface area contributed by atoms with E-state index in [2.05, 4.69) is 37.3 Å². The van der Waals surface area contributed by atoms with Crippen molar-refractivity contribution >= 4 is 17.6 Å². The van der Waals surface area contributed by atoms with E-state index >= 15 is 0 Å². The zero-order chi connectivity index (χ0) is 27.6. The highest BCUT2D eigenvalue weighted by Crippen LogP contribution is 2.34. The number of carbonyl (C=O) groups excluding carboxylic acids is 1. The molecule has 3 aromatic carbocycles. The summed E-state index contributed by atoms with van der Waals surface area (Å²) in [7, 11) is 0. The van der Waals surface area contributed by atoms with Crippen LogP contribution in [0, 0.1) is 6.92 Å². The van der Waals surface area contributed by atoms with Crippen molar-refractivity contribution in [2.45, 2.75) is 46.1 Å². The highest BCUT2D eigenvalue weighted by atomic mass is 35.5. The standard InChI is InChI=1S/C33H34ClNO4/c1-3-38-32(36)18-10-20-39-27-14-8-12-25(21-27)13-9-19-35-23-26(22-31(34)33(35)37)29-16-6-7-17-30(29)28-15-5-4-11-24(28)2/h4-8,11-12,14-17,21-23H,3,9-10,13,18-20H2,1-2H3. The molecule has 0 aliphatic heterocycles. The first-order valence-electron chi connectivity index (χ1n) is 13.4. The van der Waals surface area contributed by atoms with Gasteiger partial charge in [-0.2, -0.15) is 0 Å². The van der Waals surface area contributed by atoms with Crippen LogP contribution in [-0.4, -0.2) is 23.8 Å². The number of pyridine rings is 1. The second-order valence-electron chi connectivity index (χ2n) is 9.44. The molecular weight excluding hydrogens is 510 g/mol. The van der Waals surface area contributed by atoms with Gasteiger partial charge in [0.25, 0.3) is 5.56 Å². The maximum atomic E-state index is 12.9. The van der Waals surface area contributed by atoms with E-state index in [0.29, 0.717) is 32.6 Å². The lowest BCUT2D eigenvalue weighted by Crippen LogP contribution is -2.20. The summed E-state index contributed by atoms with van der Waals surface area (Å²) in [5, 5.41) is 0.213. The Morgan fingerprint density at radius 1 is 0.897 bits per heavy atom.